The monoisotopic (exact) mass is 561 g/mol. The van der Waals surface area contributed by atoms with Crippen molar-refractivity contribution in [1.29, 1.82) is 5.26 Å². The maximum absolute atomic E-state index is 12.5. The number of nitrogens with zero attached hydrogens (tertiary/aromatic N) is 3. The lowest BCUT2D eigenvalue weighted by atomic mass is 9.98. The van der Waals surface area contributed by atoms with Crippen LogP contribution in [0.15, 0.2) is 75.9 Å². The summed E-state index contributed by atoms with van der Waals surface area (Å²) in [5.74, 6) is 0.639. The highest BCUT2D eigenvalue weighted by Crippen LogP contribution is 2.27. The molecule has 1 aliphatic rings. The van der Waals surface area contributed by atoms with E-state index in [2.05, 4.69) is 21.9 Å². The first kappa shape index (κ1) is 27.2. The molecule has 200 valence electrons. The summed E-state index contributed by atoms with van der Waals surface area (Å²) in [5.41, 5.74) is 2.69. The zero-order valence-corrected chi connectivity index (χ0v) is 23.0. The second-order valence-electron chi connectivity index (χ2n) is 9.76. The van der Waals surface area contributed by atoms with Gasteiger partial charge < -0.3 is 14.1 Å². The Labute approximate surface area is 237 Å². The van der Waals surface area contributed by atoms with Crippen LogP contribution in [0.5, 0.6) is 5.75 Å². The average molecular weight is 562 g/mol. The zero-order valence-electron chi connectivity index (χ0n) is 21.5. The van der Waals surface area contributed by atoms with E-state index < -0.39 is 5.63 Å². The number of hydrogen-bond donors (Lipinski definition) is 0. The Morgan fingerprint density at radius 2 is 1.51 bits per heavy atom. The number of benzene rings is 3. The van der Waals surface area contributed by atoms with E-state index in [1.165, 1.54) is 5.56 Å². The van der Waals surface area contributed by atoms with Crippen molar-refractivity contribution >= 4 is 34.2 Å². The van der Waals surface area contributed by atoms with Crippen LogP contribution in [0.4, 0.5) is 0 Å². The van der Waals surface area contributed by atoms with Gasteiger partial charge in [0.2, 0.25) is 0 Å². The third-order valence-electron chi connectivity index (χ3n) is 7.06. The van der Waals surface area contributed by atoms with Crippen LogP contribution in [0, 0.1) is 11.3 Å². The van der Waals surface area contributed by atoms with Crippen molar-refractivity contribution in [3.8, 4) is 11.8 Å². The summed E-state index contributed by atoms with van der Waals surface area (Å²) in [6.45, 7) is 6.62. The maximum Gasteiger partial charge on any atom is 0.354 e. The molecule has 0 atom stereocenters. The molecule has 39 heavy (non-hydrogen) atoms. The van der Waals surface area contributed by atoms with Gasteiger partial charge in [-0.05, 0) is 65.9 Å². The van der Waals surface area contributed by atoms with Crippen molar-refractivity contribution < 1.29 is 9.15 Å². The van der Waals surface area contributed by atoms with Crippen LogP contribution in [0.2, 0.25) is 10.0 Å². The van der Waals surface area contributed by atoms with Crippen molar-refractivity contribution in [1.82, 2.24) is 9.80 Å². The minimum Gasteiger partial charge on any atom is -0.493 e. The number of halogens is 2. The predicted octanol–water partition coefficient (Wildman–Crippen LogP) is 6.15. The Kier molecular flexibility index (Phi) is 8.85. The largest absolute Gasteiger partial charge is 0.493 e. The van der Waals surface area contributed by atoms with Gasteiger partial charge in [-0.3, -0.25) is 4.90 Å². The van der Waals surface area contributed by atoms with Crippen molar-refractivity contribution in [3.63, 3.8) is 0 Å². The van der Waals surface area contributed by atoms with Crippen LogP contribution in [0.3, 0.4) is 0 Å². The normalized spacial score (nSPS) is 14.4. The van der Waals surface area contributed by atoms with E-state index in [1.807, 2.05) is 42.5 Å². The molecule has 0 amide bonds. The summed E-state index contributed by atoms with van der Waals surface area (Å²) in [6.07, 6.45) is 1.32. The van der Waals surface area contributed by atoms with Crippen LogP contribution >= 0.6 is 23.2 Å². The van der Waals surface area contributed by atoms with Crippen LogP contribution < -0.4 is 10.4 Å². The molecule has 0 aliphatic carbocycles. The number of rotatable bonds is 9. The third-order valence-corrected chi connectivity index (χ3v) is 7.57. The lowest BCUT2D eigenvalue weighted by Crippen LogP contribution is -2.46. The molecule has 3 aromatic carbocycles. The molecule has 1 fully saturated rings. The minimum atomic E-state index is -0.638. The van der Waals surface area contributed by atoms with Crippen LogP contribution in [0.25, 0.3) is 11.0 Å². The smallest absolute Gasteiger partial charge is 0.354 e. The summed E-state index contributed by atoms with van der Waals surface area (Å²) in [5, 5.41) is 11.7. The summed E-state index contributed by atoms with van der Waals surface area (Å²) in [4.78, 5) is 17.5. The predicted molar refractivity (Wildman–Crippen MR) is 155 cm³/mol. The third kappa shape index (κ3) is 7.00. The van der Waals surface area contributed by atoms with E-state index in [4.69, 9.17) is 32.4 Å². The van der Waals surface area contributed by atoms with Gasteiger partial charge in [0.1, 0.15) is 23.0 Å². The molecule has 8 heteroatoms. The van der Waals surface area contributed by atoms with E-state index >= 15 is 0 Å². The van der Waals surface area contributed by atoms with Crippen molar-refractivity contribution in [2.75, 3.05) is 39.3 Å². The van der Waals surface area contributed by atoms with Gasteiger partial charge in [0.25, 0.3) is 0 Å². The molecule has 1 saturated heterocycles. The van der Waals surface area contributed by atoms with E-state index in [9.17, 15) is 10.1 Å². The molecular formula is C31H29Cl2N3O3. The molecule has 5 rings (SSSR count). The second-order valence-corrected chi connectivity index (χ2v) is 10.6. The van der Waals surface area contributed by atoms with Gasteiger partial charge in [0.15, 0.2) is 0 Å². The molecule has 0 spiro atoms. The Bertz CT molecular complexity index is 1520. The fraction of sp³-hybridized carbons (Fsp3) is 0.290. The highest BCUT2D eigenvalue weighted by atomic mass is 35.5. The Hall–Kier alpha value is -3.34. The van der Waals surface area contributed by atoms with Crippen LogP contribution in [0.1, 0.15) is 28.7 Å². The number of ether oxygens (including phenoxy) is 1. The minimum absolute atomic E-state index is 0.0272. The average Bonchev–Trinajstić information content (AvgIpc) is 2.94. The highest BCUT2D eigenvalue weighted by molar-refractivity contribution is 6.30. The van der Waals surface area contributed by atoms with E-state index in [-0.39, 0.29) is 5.56 Å². The Balaban J connectivity index is 1.15. The van der Waals surface area contributed by atoms with Crippen molar-refractivity contribution in [2.45, 2.75) is 19.4 Å². The summed E-state index contributed by atoms with van der Waals surface area (Å²) in [6, 6.07) is 22.9. The van der Waals surface area contributed by atoms with E-state index in [1.54, 1.807) is 18.2 Å². The standard InChI is InChI=1S/C31H29Cl2N3O3/c32-24-6-2-22(3-7-24)18-28-27-11-10-26(19-30(27)39-31(37)29(28)20-34)38-17-1-12-35-13-15-36(16-14-35)21-23-4-8-25(33)9-5-23/h2-11,19H,1,12-18,21H2. The first-order valence-electron chi connectivity index (χ1n) is 13.0. The maximum atomic E-state index is 12.5. The zero-order chi connectivity index (χ0) is 27.2. The lowest BCUT2D eigenvalue weighted by Gasteiger charge is -2.34. The van der Waals surface area contributed by atoms with E-state index in [0.29, 0.717) is 34.9 Å². The molecule has 2 heterocycles. The molecule has 0 radical (unpaired) electrons. The molecule has 0 N–H and O–H groups in total. The first-order chi connectivity index (χ1) is 19.0. The SMILES string of the molecule is N#Cc1c(Cc2ccc(Cl)cc2)c2ccc(OCCCN3CCN(Cc4ccc(Cl)cc4)CC3)cc2oc1=O. The Morgan fingerprint density at radius 1 is 0.872 bits per heavy atom. The second kappa shape index (κ2) is 12.7. The number of nitriles is 1. The summed E-state index contributed by atoms with van der Waals surface area (Å²) < 4.78 is 11.5. The Morgan fingerprint density at radius 3 is 2.18 bits per heavy atom. The van der Waals surface area contributed by atoms with Gasteiger partial charge in [0.05, 0.1) is 6.61 Å². The molecule has 0 saturated carbocycles. The quantitative estimate of drug-likeness (QED) is 0.180. The number of fused-ring (bicyclic) bond motifs is 1. The molecule has 6 nitrogen and oxygen atoms in total. The number of piperazine rings is 1. The van der Waals surface area contributed by atoms with Gasteiger partial charge in [-0.15, -0.1) is 0 Å². The molecule has 0 unspecified atom stereocenters. The van der Waals surface area contributed by atoms with E-state index in [0.717, 1.165) is 61.7 Å². The van der Waals surface area contributed by atoms with Crippen molar-refractivity contribution in [2.24, 2.45) is 0 Å². The van der Waals surface area contributed by atoms with Crippen LogP contribution in [-0.2, 0) is 13.0 Å². The first-order valence-corrected chi connectivity index (χ1v) is 13.8. The molecular weight excluding hydrogens is 533 g/mol. The number of hydrogen-bond acceptors (Lipinski definition) is 6. The highest BCUT2D eigenvalue weighted by Gasteiger charge is 2.18. The van der Waals surface area contributed by atoms with Gasteiger partial charge in [-0.25, -0.2) is 4.79 Å². The summed E-state index contributed by atoms with van der Waals surface area (Å²) >= 11 is 12.0. The van der Waals surface area contributed by atoms with Gasteiger partial charge in [0, 0.05) is 60.8 Å². The fourth-order valence-electron chi connectivity index (χ4n) is 4.94. The molecule has 1 aliphatic heterocycles. The fourth-order valence-corrected chi connectivity index (χ4v) is 5.19. The molecule has 4 aromatic rings. The van der Waals surface area contributed by atoms with Gasteiger partial charge >= 0.3 is 5.63 Å². The van der Waals surface area contributed by atoms with Gasteiger partial charge in [-0.1, -0.05) is 47.5 Å². The van der Waals surface area contributed by atoms with Gasteiger partial charge in [-0.2, -0.15) is 5.26 Å². The lowest BCUT2D eigenvalue weighted by molar-refractivity contribution is 0.121. The van der Waals surface area contributed by atoms with Crippen molar-refractivity contribution in [3.05, 3.63) is 109 Å². The van der Waals surface area contributed by atoms with Crippen LogP contribution in [-0.4, -0.2) is 49.1 Å². The summed E-state index contributed by atoms with van der Waals surface area (Å²) in [7, 11) is 0. The molecule has 1 aromatic heterocycles. The molecule has 0 bridgehead atoms. The topological polar surface area (TPSA) is 69.7 Å².